The predicted molar refractivity (Wildman–Crippen MR) is 70.6 cm³/mol. The second-order valence-electron chi connectivity index (χ2n) is 3.80. The fourth-order valence-electron chi connectivity index (χ4n) is 1.26. The fraction of sp³-hybridized carbons (Fsp3) is 0.231. The molecule has 1 amide bonds. The first-order valence-corrected chi connectivity index (χ1v) is 6.29. The van der Waals surface area contributed by atoms with Gasteiger partial charge in [0.15, 0.2) is 0 Å². The summed E-state index contributed by atoms with van der Waals surface area (Å²) in [6, 6.07) is 7.48. The van der Waals surface area contributed by atoms with Crippen LogP contribution in [0.4, 0.5) is 13.2 Å². The van der Waals surface area contributed by atoms with Crippen LogP contribution in [0.3, 0.4) is 0 Å². The van der Waals surface area contributed by atoms with Crippen LogP contribution in [0, 0.1) is 11.3 Å². The number of nitrogens with zero attached hydrogens (tertiary/aromatic N) is 2. The molecule has 1 aromatic carbocycles. The number of halogens is 3. The Balaban J connectivity index is 2.66. The molecule has 0 aliphatic rings. The molecule has 0 bridgehead atoms. The summed E-state index contributed by atoms with van der Waals surface area (Å²) in [5.74, 6) is -0.347. The molecule has 0 radical (unpaired) electrons. The third kappa shape index (κ3) is 5.80. The molecule has 106 valence electrons. The number of carbonyl (C=O) groups is 1. The summed E-state index contributed by atoms with van der Waals surface area (Å²) in [6.45, 7) is -0.0235. The predicted octanol–water partition coefficient (Wildman–Crippen LogP) is 3.29. The molecular weight excluding hydrogens is 289 g/mol. The number of benzene rings is 1. The van der Waals surface area contributed by atoms with Crippen LogP contribution in [0.15, 0.2) is 35.2 Å². The maximum atomic E-state index is 12.1. The monoisotopic (exact) mass is 300 g/mol. The molecule has 0 spiro atoms. The van der Waals surface area contributed by atoms with Gasteiger partial charge in [0.2, 0.25) is 5.91 Å². The van der Waals surface area contributed by atoms with Crippen LogP contribution in [0.2, 0.25) is 0 Å². The molecule has 1 aromatic rings. The second-order valence-corrected chi connectivity index (χ2v) is 4.94. The molecule has 0 atom stereocenters. The summed E-state index contributed by atoms with van der Waals surface area (Å²) in [7, 11) is 1.49. The van der Waals surface area contributed by atoms with Gasteiger partial charge < -0.3 is 4.90 Å². The molecule has 0 aliphatic heterocycles. The number of thioether (sulfide) groups is 1. The number of likely N-dealkylation sites (N-methyl/N-ethyl adjacent to an activating group) is 1. The molecular formula is C13H11F3N2OS. The van der Waals surface area contributed by atoms with E-state index in [0.717, 1.165) is 0 Å². The lowest BCUT2D eigenvalue weighted by molar-refractivity contribution is -0.124. The Bertz CT molecular complexity index is 532. The van der Waals surface area contributed by atoms with Crippen LogP contribution >= 0.6 is 11.8 Å². The first-order valence-electron chi connectivity index (χ1n) is 5.48. The number of hydrogen-bond acceptors (Lipinski definition) is 3. The Labute approximate surface area is 118 Å². The van der Waals surface area contributed by atoms with Gasteiger partial charge in [-0.1, -0.05) is 12.1 Å². The van der Waals surface area contributed by atoms with Gasteiger partial charge in [-0.15, -0.1) is 0 Å². The molecule has 0 saturated carbocycles. The van der Waals surface area contributed by atoms with Gasteiger partial charge in [0.05, 0.1) is 6.07 Å². The van der Waals surface area contributed by atoms with Crippen LogP contribution in [0.1, 0.15) is 5.56 Å². The van der Waals surface area contributed by atoms with Crippen molar-refractivity contribution in [3.05, 3.63) is 35.9 Å². The van der Waals surface area contributed by atoms with Gasteiger partial charge in [-0.3, -0.25) is 4.79 Å². The summed E-state index contributed by atoms with van der Waals surface area (Å²) in [5, 5.41) is 8.43. The van der Waals surface area contributed by atoms with Gasteiger partial charge in [-0.05, 0) is 35.5 Å². The van der Waals surface area contributed by atoms with Crippen molar-refractivity contribution in [3.8, 4) is 6.07 Å². The zero-order valence-corrected chi connectivity index (χ0v) is 11.3. The van der Waals surface area contributed by atoms with Crippen LogP contribution in [0.25, 0.3) is 6.08 Å². The molecule has 0 fully saturated rings. The third-order valence-electron chi connectivity index (χ3n) is 2.22. The molecule has 1 rings (SSSR count). The van der Waals surface area contributed by atoms with E-state index in [2.05, 4.69) is 0 Å². The highest BCUT2D eigenvalue weighted by molar-refractivity contribution is 8.00. The van der Waals surface area contributed by atoms with Crippen molar-refractivity contribution in [3.63, 3.8) is 0 Å². The normalized spacial score (nSPS) is 11.3. The van der Waals surface area contributed by atoms with E-state index >= 15 is 0 Å². The van der Waals surface area contributed by atoms with E-state index in [1.807, 2.05) is 6.07 Å². The van der Waals surface area contributed by atoms with E-state index < -0.39 is 5.51 Å². The number of hydrogen-bond donors (Lipinski definition) is 0. The van der Waals surface area contributed by atoms with Crippen molar-refractivity contribution in [2.45, 2.75) is 10.4 Å². The van der Waals surface area contributed by atoms with Crippen molar-refractivity contribution < 1.29 is 18.0 Å². The molecule has 0 heterocycles. The first-order chi connectivity index (χ1) is 9.31. The van der Waals surface area contributed by atoms with E-state index in [1.54, 1.807) is 0 Å². The van der Waals surface area contributed by atoms with E-state index in [-0.39, 0.29) is 29.1 Å². The van der Waals surface area contributed by atoms with Crippen LogP contribution in [0.5, 0.6) is 0 Å². The molecule has 0 saturated heterocycles. The highest BCUT2D eigenvalue weighted by atomic mass is 32.2. The zero-order valence-electron chi connectivity index (χ0n) is 10.5. The quantitative estimate of drug-likeness (QED) is 0.487. The standard InChI is InChI=1S/C13H11F3N2OS/c1-18(9-8-17)12(19)7-4-10-2-5-11(6-3-10)20-13(14,15)16/h2-7H,9H2,1H3/b7-4+. The molecule has 0 unspecified atom stereocenters. The Kier molecular flexibility index (Phi) is 5.65. The molecule has 7 heteroatoms. The van der Waals surface area contributed by atoms with E-state index in [1.165, 1.54) is 48.4 Å². The van der Waals surface area contributed by atoms with Gasteiger partial charge in [0.1, 0.15) is 6.54 Å². The molecule has 0 N–H and O–H groups in total. The van der Waals surface area contributed by atoms with Gasteiger partial charge in [0.25, 0.3) is 0 Å². The minimum absolute atomic E-state index is 0.0235. The topological polar surface area (TPSA) is 44.1 Å². The van der Waals surface area contributed by atoms with Crippen LogP contribution in [-0.2, 0) is 4.79 Å². The van der Waals surface area contributed by atoms with Crippen LogP contribution < -0.4 is 0 Å². The van der Waals surface area contributed by atoms with Crippen LogP contribution in [-0.4, -0.2) is 29.9 Å². The maximum Gasteiger partial charge on any atom is 0.446 e. The summed E-state index contributed by atoms with van der Waals surface area (Å²) >= 11 is -0.190. The Morgan fingerprint density at radius 3 is 2.50 bits per heavy atom. The van der Waals surface area contributed by atoms with Gasteiger partial charge in [0, 0.05) is 18.0 Å². The number of nitriles is 1. The van der Waals surface area contributed by atoms with E-state index in [0.29, 0.717) is 5.56 Å². The van der Waals surface area contributed by atoms with Gasteiger partial charge >= 0.3 is 5.51 Å². The Hall–Kier alpha value is -1.94. The summed E-state index contributed by atoms with van der Waals surface area (Å²) < 4.78 is 36.4. The number of carbonyl (C=O) groups excluding carboxylic acids is 1. The summed E-state index contributed by atoms with van der Waals surface area (Å²) in [6.07, 6.45) is 2.75. The lowest BCUT2D eigenvalue weighted by Crippen LogP contribution is -2.24. The van der Waals surface area contributed by atoms with Crippen molar-refractivity contribution in [2.75, 3.05) is 13.6 Å². The second kappa shape index (κ2) is 7.01. The molecule has 20 heavy (non-hydrogen) atoms. The van der Waals surface area contributed by atoms with E-state index in [4.69, 9.17) is 5.26 Å². The van der Waals surface area contributed by atoms with Crippen molar-refractivity contribution in [1.82, 2.24) is 4.90 Å². The first kappa shape index (κ1) is 16.1. The Morgan fingerprint density at radius 1 is 1.40 bits per heavy atom. The molecule has 0 aliphatic carbocycles. The fourth-order valence-corrected chi connectivity index (χ4v) is 1.80. The summed E-state index contributed by atoms with van der Waals surface area (Å²) in [4.78, 5) is 12.8. The minimum atomic E-state index is -4.31. The van der Waals surface area contributed by atoms with E-state index in [9.17, 15) is 18.0 Å². The van der Waals surface area contributed by atoms with Crippen molar-refractivity contribution in [2.24, 2.45) is 0 Å². The third-order valence-corrected chi connectivity index (χ3v) is 2.96. The van der Waals surface area contributed by atoms with Gasteiger partial charge in [-0.2, -0.15) is 18.4 Å². The number of alkyl halides is 3. The summed E-state index contributed by atoms with van der Waals surface area (Å²) in [5.41, 5.74) is -3.71. The maximum absolute atomic E-state index is 12.1. The zero-order chi connectivity index (χ0) is 15.2. The van der Waals surface area contributed by atoms with Crippen molar-refractivity contribution >= 4 is 23.7 Å². The smallest absolute Gasteiger partial charge is 0.329 e. The highest BCUT2D eigenvalue weighted by Crippen LogP contribution is 2.36. The highest BCUT2D eigenvalue weighted by Gasteiger charge is 2.28. The van der Waals surface area contributed by atoms with Gasteiger partial charge in [-0.25, -0.2) is 0 Å². The van der Waals surface area contributed by atoms with Crippen molar-refractivity contribution in [1.29, 1.82) is 5.26 Å². The lowest BCUT2D eigenvalue weighted by atomic mass is 10.2. The molecule has 0 aromatic heterocycles. The average Bonchev–Trinajstić information content (AvgIpc) is 2.36. The number of amides is 1. The molecule has 3 nitrogen and oxygen atoms in total. The lowest BCUT2D eigenvalue weighted by Gasteiger charge is -2.09. The SMILES string of the molecule is CN(CC#N)C(=O)/C=C/c1ccc(SC(F)(F)F)cc1. The Morgan fingerprint density at radius 2 is 2.00 bits per heavy atom. The number of rotatable bonds is 4. The minimum Gasteiger partial charge on any atom is -0.329 e. The average molecular weight is 300 g/mol. The largest absolute Gasteiger partial charge is 0.446 e.